The molecule has 164 valence electrons. The van der Waals surface area contributed by atoms with Gasteiger partial charge in [-0.25, -0.2) is 4.39 Å². The Morgan fingerprint density at radius 1 is 1.10 bits per heavy atom. The van der Waals surface area contributed by atoms with Gasteiger partial charge in [-0.3, -0.25) is 14.5 Å². The highest BCUT2D eigenvalue weighted by atomic mass is 19.1. The van der Waals surface area contributed by atoms with Crippen LogP contribution in [0.2, 0.25) is 0 Å². The number of carbonyl (C=O) groups is 2. The zero-order valence-electron chi connectivity index (χ0n) is 17.6. The second kappa shape index (κ2) is 9.43. The number of hydrogen-bond acceptors (Lipinski definition) is 4. The third-order valence-corrected chi connectivity index (χ3v) is 6.66. The fourth-order valence-electron chi connectivity index (χ4n) is 5.07. The molecule has 3 aliphatic rings. The molecule has 30 heavy (non-hydrogen) atoms. The predicted molar refractivity (Wildman–Crippen MR) is 111 cm³/mol. The van der Waals surface area contributed by atoms with Crippen molar-refractivity contribution in [1.29, 1.82) is 0 Å². The second-order valence-corrected chi connectivity index (χ2v) is 8.71. The van der Waals surface area contributed by atoms with Crippen molar-refractivity contribution >= 4 is 11.8 Å². The van der Waals surface area contributed by atoms with Gasteiger partial charge in [-0.05, 0) is 69.8 Å². The number of amides is 2. The summed E-state index contributed by atoms with van der Waals surface area (Å²) in [4.78, 5) is 30.4. The molecule has 6 nitrogen and oxygen atoms in total. The van der Waals surface area contributed by atoms with Gasteiger partial charge in [-0.15, -0.1) is 0 Å². The van der Waals surface area contributed by atoms with Crippen LogP contribution in [0.15, 0.2) is 24.3 Å². The van der Waals surface area contributed by atoms with E-state index >= 15 is 0 Å². The van der Waals surface area contributed by atoms with E-state index < -0.39 is 17.6 Å². The van der Waals surface area contributed by atoms with Gasteiger partial charge < -0.3 is 15.0 Å². The molecule has 1 spiro atoms. The van der Waals surface area contributed by atoms with Gasteiger partial charge in [0.25, 0.3) is 5.91 Å². The zero-order chi connectivity index (χ0) is 21.0. The zero-order valence-corrected chi connectivity index (χ0v) is 17.6. The molecule has 3 fully saturated rings. The standard InChI is InChI=1S/C23H32FN3O3/c24-19-9-7-8-18(16-19)22(29)27-20(17-30-23(27)10-3-1-4-11-23)21(28)25-12-15-26-13-5-2-6-14-26/h7-9,16,20H,1-6,10-15,17H2,(H,25,28). The van der Waals surface area contributed by atoms with E-state index in [0.717, 1.165) is 38.9 Å². The van der Waals surface area contributed by atoms with Crippen molar-refractivity contribution in [3.8, 4) is 0 Å². The van der Waals surface area contributed by atoms with Crippen molar-refractivity contribution in [2.75, 3.05) is 32.8 Å². The SMILES string of the molecule is O=C(NCCN1CCCCC1)C1COC2(CCCCC2)N1C(=O)c1cccc(F)c1. The molecule has 1 N–H and O–H groups in total. The fourth-order valence-corrected chi connectivity index (χ4v) is 5.07. The minimum absolute atomic E-state index is 0.181. The molecule has 4 rings (SSSR count). The molecule has 2 saturated heterocycles. The summed E-state index contributed by atoms with van der Waals surface area (Å²) in [5, 5.41) is 3.01. The van der Waals surface area contributed by atoms with Crippen LogP contribution >= 0.6 is 0 Å². The van der Waals surface area contributed by atoms with Gasteiger partial charge in [-0.1, -0.05) is 18.9 Å². The molecule has 7 heteroatoms. The number of piperidine rings is 1. The Bertz CT molecular complexity index is 760. The van der Waals surface area contributed by atoms with Gasteiger partial charge in [-0.2, -0.15) is 0 Å². The highest BCUT2D eigenvalue weighted by Gasteiger charge is 2.52. The molecule has 0 aromatic heterocycles. The van der Waals surface area contributed by atoms with E-state index in [2.05, 4.69) is 10.2 Å². The Balaban J connectivity index is 1.47. The number of likely N-dealkylation sites (tertiary alicyclic amines) is 1. The van der Waals surface area contributed by atoms with Crippen LogP contribution in [0, 0.1) is 5.82 Å². The first-order valence-electron chi connectivity index (χ1n) is 11.3. The van der Waals surface area contributed by atoms with E-state index in [1.807, 2.05) is 0 Å². The molecule has 1 aromatic carbocycles. The lowest BCUT2D eigenvalue weighted by Crippen LogP contribution is -2.56. The van der Waals surface area contributed by atoms with Crippen LogP contribution in [-0.4, -0.2) is 66.2 Å². The maximum Gasteiger partial charge on any atom is 0.256 e. The molecule has 2 amide bonds. The summed E-state index contributed by atoms with van der Waals surface area (Å²) in [5.41, 5.74) is -0.493. The van der Waals surface area contributed by atoms with E-state index in [1.54, 1.807) is 11.0 Å². The average Bonchev–Trinajstić information content (AvgIpc) is 3.12. The van der Waals surface area contributed by atoms with E-state index in [0.29, 0.717) is 19.4 Å². The quantitative estimate of drug-likeness (QED) is 0.800. The molecule has 1 unspecified atom stereocenters. The van der Waals surface area contributed by atoms with Crippen molar-refractivity contribution < 1.29 is 18.7 Å². The van der Waals surface area contributed by atoms with Crippen LogP contribution in [0.1, 0.15) is 61.7 Å². The summed E-state index contributed by atoms with van der Waals surface area (Å²) in [6, 6.07) is 5.01. The van der Waals surface area contributed by atoms with Crippen molar-refractivity contribution in [3.05, 3.63) is 35.6 Å². The minimum atomic E-state index is -0.753. The predicted octanol–water partition coefficient (Wildman–Crippen LogP) is 2.93. The molecule has 1 saturated carbocycles. The molecule has 0 bridgehead atoms. The summed E-state index contributed by atoms with van der Waals surface area (Å²) in [7, 11) is 0. The number of nitrogens with one attached hydrogen (secondary N) is 1. The number of ether oxygens (including phenoxy) is 1. The van der Waals surface area contributed by atoms with Gasteiger partial charge >= 0.3 is 0 Å². The summed E-state index contributed by atoms with van der Waals surface area (Å²) in [6.45, 7) is 3.73. The van der Waals surface area contributed by atoms with Gasteiger partial charge in [0, 0.05) is 18.7 Å². The first kappa shape index (κ1) is 21.2. The van der Waals surface area contributed by atoms with E-state index in [4.69, 9.17) is 4.74 Å². The van der Waals surface area contributed by atoms with Gasteiger partial charge in [0.05, 0.1) is 6.61 Å². The first-order valence-corrected chi connectivity index (χ1v) is 11.3. The Kier molecular flexibility index (Phi) is 6.68. The largest absolute Gasteiger partial charge is 0.353 e. The molecule has 1 aliphatic carbocycles. The highest BCUT2D eigenvalue weighted by Crippen LogP contribution is 2.41. The number of hydrogen-bond donors (Lipinski definition) is 1. The Morgan fingerprint density at radius 2 is 1.83 bits per heavy atom. The molecular weight excluding hydrogens is 385 g/mol. The average molecular weight is 418 g/mol. The van der Waals surface area contributed by atoms with Crippen LogP contribution < -0.4 is 5.32 Å². The smallest absolute Gasteiger partial charge is 0.256 e. The summed E-state index contributed by atoms with van der Waals surface area (Å²) < 4.78 is 19.9. The van der Waals surface area contributed by atoms with Crippen LogP contribution in [0.4, 0.5) is 4.39 Å². The lowest BCUT2D eigenvalue weighted by Gasteiger charge is -2.41. The molecule has 1 aromatic rings. The van der Waals surface area contributed by atoms with Gasteiger partial charge in [0.1, 0.15) is 17.6 Å². The fraction of sp³-hybridized carbons (Fsp3) is 0.652. The first-order chi connectivity index (χ1) is 14.6. The second-order valence-electron chi connectivity index (χ2n) is 8.71. The Labute approximate surface area is 177 Å². The van der Waals surface area contributed by atoms with Crippen molar-refractivity contribution in [2.24, 2.45) is 0 Å². The lowest BCUT2D eigenvalue weighted by molar-refractivity contribution is -0.127. The molecule has 2 heterocycles. The van der Waals surface area contributed by atoms with Gasteiger partial charge in [0.15, 0.2) is 0 Å². The number of rotatable bonds is 5. The Morgan fingerprint density at radius 3 is 2.57 bits per heavy atom. The Hall–Kier alpha value is -1.99. The maximum absolute atomic E-state index is 13.8. The van der Waals surface area contributed by atoms with Crippen LogP contribution in [0.25, 0.3) is 0 Å². The maximum atomic E-state index is 13.8. The number of halogens is 1. The van der Waals surface area contributed by atoms with Crippen LogP contribution in [0.3, 0.4) is 0 Å². The summed E-state index contributed by atoms with van der Waals surface area (Å²) in [6.07, 6.45) is 8.14. The highest BCUT2D eigenvalue weighted by molar-refractivity contribution is 5.98. The third-order valence-electron chi connectivity index (χ3n) is 6.66. The van der Waals surface area contributed by atoms with Crippen LogP contribution in [0.5, 0.6) is 0 Å². The number of carbonyl (C=O) groups excluding carboxylic acids is 2. The summed E-state index contributed by atoms with van der Waals surface area (Å²) in [5.74, 6) is -0.967. The van der Waals surface area contributed by atoms with Crippen molar-refractivity contribution in [1.82, 2.24) is 15.1 Å². The molecular formula is C23H32FN3O3. The minimum Gasteiger partial charge on any atom is -0.353 e. The third kappa shape index (κ3) is 4.52. The normalized spacial score (nSPS) is 24.2. The van der Waals surface area contributed by atoms with Gasteiger partial charge in [0.2, 0.25) is 5.91 Å². The van der Waals surface area contributed by atoms with E-state index in [9.17, 15) is 14.0 Å². The topological polar surface area (TPSA) is 61.9 Å². The molecule has 1 atom stereocenters. The summed E-state index contributed by atoms with van der Waals surface area (Å²) >= 11 is 0. The molecule has 0 radical (unpaired) electrons. The monoisotopic (exact) mass is 417 g/mol. The van der Waals surface area contributed by atoms with E-state index in [-0.39, 0.29) is 24.0 Å². The lowest BCUT2D eigenvalue weighted by atomic mass is 9.89. The molecule has 2 aliphatic heterocycles. The number of benzene rings is 1. The van der Waals surface area contributed by atoms with E-state index in [1.165, 1.54) is 37.5 Å². The van der Waals surface area contributed by atoms with Crippen molar-refractivity contribution in [3.63, 3.8) is 0 Å². The van der Waals surface area contributed by atoms with Crippen LogP contribution in [-0.2, 0) is 9.53 Å². The van der Waals surface area contributed by atoms with Crippen molar-refractivity contribution in [2.45, 2.75) is 63.1 Å². The number of nitrogens with zero attached hydrogens (tertiary/aromatic N) is 2.